The number of nitrogens with one attached hydrogen (secondary N) is 1. The molecule has 1 N–H and O–H groups in total. The Morgan fingerprint density at radius 2 is 2.31 bits per heavy atom. The molecule has 13 heavy (non-hydrogen) atoms. The summed E-state index contributed by atoms with van der Waals surface area (Å²) < 4.78 is 0. The first-order valence-electron chi connectivity index (χ1n) is 4.82. The Balaban J connectivity index is 2.22. The van der Waals surface area contributed by atoms with Crippen molar-refractivity contribution in [2.45, 2.75) is 32.1 Å². The van der Waals surface area contributed by atoms with Crippen molar-refractivity contribution in [3.8, 4) is 0 Å². The molecular formula is C10H15N3. The maximum Gasteiger partial charge on any atom is 0.222 e. The molecule has 1 aromatic heterocycles. The summed E-state index contributed by atoms with van der Waals surface area (Å²) in [7, 11) is 0. The number of hydrogen-bond acceptors (Lipinski definition) is 3. The first-order chi connectivity index (χ1) is 6.24. The van der Waals surface area contributed by atoms with Crippen LogP contribution in [0.3, 0.4) is 0 Å². The van der Waals surface area contributed by atoms with Gasteiger partial charge in [0.15, 0.2) is 0 Å². The van der Waals surface area contributed by atoms with Gasteiger partial charge in [0.25, 0.3) is 0 Å². The van der Waals surface area contributed by atoms with Gasteiger partial charge in [-0.05, 0) is 25.8 Å². The molecule has 2 rings (SSSR count). The van der Waals surface area contributed by atoms with Crippen LogP contribution in [0.25, 0.3) is 0 Å². The molecule has 70 valence electrons. The molecule has 1 aliphatic carbocycles. The van der Waals surface area contributed by atoms with Crippen molar-refractivity contribution in [3.63, 3.8) is 0 Å². The molecule has 0 bridgehead atoms. The van der Waals surface area contributed by atoms with Crippen LogP contribution in [0, 0.1) is 0 Å². The average Bonchev–Trinajstić information content (AvgIpc) is 2.86. The summed E-state index contributed by atoms with van der Waals surface area (Å²) in [6, 6.07) is 2.02. The minimum Gasteiger partial charge on any atom is -0.354 e. The number of hydrogen-bond donors (Lipinski definition) is 1. The second-order valence-corrected chi connectivity index (χ2v) is 3.86. The molecule has 0 unspecified atom stereocenters. The molecule has 0 aromatic carbocycles. The second-order valence-electron chi connectivity index (χ2n) is 3.86. The maximum absolute atomic E-state index is 4.47. The van der Waals surface area contributed by atoms with E-state index in [9.17, 15) is 0 Å². The lowest BCUT2D eigenvalue weighted by atomic mass is 10.1. The zero-order valence-electron chi connectivity index (χ0n) is 8.17. The first-order valence-corrected chi connectivity index (χ1v) is 4.82. The highest BCUT2D eigenvalue weighted by atomic mass is 15.1. The van der Waals surface area contributed by atoms with Crippen molar-refractivity contribution in [3.05, 3.63) is 18.0 Å². The smallest absolute Gasteiger partial charge is 0.222 e. The van der Waals surface area contributed by atoms with Gasteiger partial charge in [-0.3, -0.25) is 0 Å². The lowest BCUT2D eigenvalue weighted by Crippen LogP contribution is -2.08. The molecule has 1 saturated carbocycles. The van der Waals surface area contributed by atoms with Crippen LogP contribution in [0.5, 0.6) is 0 Å². The van der Waals surface area contributed by atoms with E-state index in [0.717, 1.165) is 12.5 Å². The second kappa shape index (κ2) is 2.98. The van der Waals surface area contributed by atoms with Gasteiger partial charge in [0.1, 0.15) is 0 Å². The van der Waals surface area contributed by atoms with Gasteiger partial charge in [-0.25, -0.2) is 9.97 Å². The first kappa shape index (κ1) is 8.48. The van der Waals surface area contributed by atoms with Crippen LogP contribution >= 0.6 is 0 Å². The van der Waals surface area contributed by atoms with E-state index in [1.165, 1.54) is 18.5 Å². The van der Waals surface area contributed by atoms with E-state index in [4.69, 9.17) is 0 Å². The minimum atomic E-state index is 0.340. The number of anilines is 1. The largest absolute Gasteiger partial charge is 0.354 e. The van der Waals surface area contributed by atoms with E-state index in [2.05, 4.69) is 29.1 Å². The Kier molecular flexibility index (Phi) is 1.94. The maximum atomic E-state index is 4.47. The monoisotopic (exact) mass is 177 g/mol. The normalized spacial score (nSPS) is 18.3. The van der Waals surface area contributed by atoms with Crippen LogP contribution in [0.4, 0.5) is 5.95 Å². The Morgan fingerprint density at radius 3 is 2.92 bits per heavy atom. The Labute approximate surface area is 78.6 Å². The molecule has 0 atom stereocenters. The summed E-state index contributed by atoms with van der Waals surface area (Å²) in [6.45, 7) is 5.18. The fraction of sp³-hybridized carbons (Fsp3) is 0.600. The van der Waals surface area contributed by atoms with E-state index in [-0.39, 0.29) is 0 Å². The lowest BCUT2D eigenvalue weighted by Gasteiger charge is -2.08. The predicted octanol–water partition coefficient (Wildman–Crippen LogP) is 1.96. The third-order valence-corrected chi connectivity index (χ3v) is 2.61. The molecule has 1 heterocycles. The number of rotatable bonds is 3. The Hall–Kier alpha value is -1.12. The van der Waals surface area contributed by atoms with Gasteiger partial charge < -0.3 is 5.32 Å². The fourth-order valence-corrected chi connectivity index (χ4v) is 1.38. The highest BCUT2D eigenvalue weighted by molar-refractivity contribution is 5.30. The summed E-state index contributed by atoms with van der Waals surface area (Å²) in [5.41, 5.74) is 1.52. The van der Waals surface area contributed by atoms with Crippen LogP contribution in [0.2, 0.25) is 0 Å². The molecule has 0 radical (unpaired) electrons. The highest BCUT2D eigenvalue weighted by Gasteiger charge is 2.40. The van der Waals surface area contributed by atoms with Gasteiger partial charge in [-0.15, -0.1) is 0 Å². The van der Waals surface area contributed by atoms with Gasteiger partial charge in [0, 0.05) is 18.2 Å². The minimum absolute atomic E-state index is 0.340. The molecule has 0 spiro atoms. The van der Waals surface area contributed by atoms with Crippen molar-refractivity contribution in [2.24, 2.45) is 0 Å². The summed E-state index contributed by atoms with van der Waals surface area (Å²) >= 11 is 0. The third kappa shape index (κ3) is 1.64. The molecule has 0 saturated heterocycles. The van der Waals surface area contributed by atoms with Crippen LogP contribution in [-0.2, 0) is 5.41 Å². The van der Waals surface area contributed by atoms with E-state index in [0.29, 0.717) is 5.41 Å². The highest BCUT2D eigenvalue weighted by Crippen LogP contribution is 2.46. The third-order valence-electron chi connectivity index (χ3n) is 2.61. The van der Waals surface area contributed by atoms with Gasteiger partial charge in [-0.1, -0.05) is 6.92 Å². The SMILES string of the molecule is CCNc1nccc(C2(C)CC2)n1. The van der Waals surface area contributed by atoms with Crippen LogP contribution in [-0.4, -0.2) is 16.5 Å². The molecule has 3 nitrogen and oxygen atoms in total. The topological polar surface area (TPSA) is 37.8 Å². The van der Waals surface area contributed by atoms with Gasteiger partial charge in [0.2, 0.25) is 5.95 Å². The van der Waals surface area contributed by atoms with E-state index >= 15 is 0 Å². The zero-order valence-corrected chi connectivity index (χ0v) is 8.17. The summed E-state index contributed by atoms with van der Waals surface area (Å²) in [5.74, 6) is 0.758. The van der Waals surface area contributed by atoms with Crippen molar-refractivity contribution >= 4 is 5.95 Å². The Bertz CT molecular complexity index is 305. The van der Waals surface area contributed by atoms with Crippen molar-refractivity contribution in [2.75, 3.05) is 11.9 Å². The molecule has 1 aromatic rings. The Morgan fingerprint density at radius 1 is 1.54 bits per heavy atom. The summed E-state index contributed by atoms with van der Waals surface area (Å²) in [4.78, 5) is 8.62. The summed E-state index contributed by atoms with van der Waals surface area (Å²) in [5, 5.41) is 3.13. The molecule has 1 fully saturated rings. The van der Waals surface area contributed by atoms with Crippen molar-refractivity contribution in [1.29, 1.82) is 0 Å². The summed E-state index contributed by atoms with van der Waals surface area (Å²) in [6.07, 6.45) is 4.36. The van der Waals surface area contributed by atoms with Crippen LogP contribution < -0.4 is 5.32 Å². The molecule has 0 aliphatic heterocycles. The standard InChI is InChI=1S/C10H15N3/c1-3-11-9-12-7-4-8(13-9)10(2)5-6-10/h4,7H,3,5-6H2,1-2H3,(H,11,12,13). The lowest BCUT2D eigenvalue weighted by molar-refractivity contribution is 0.745. The molecule has 0 amide bonds. The van der Waals surface area contributed by atoms with E-state index in [1.54, 1.807) is 0 Å². The number of aromatic nitrogens is 2. The quantitative estimate of drug-likeness (QED) is 0.767. The fourth-order valence-electron chi connectivity index (χ4n) is 1.38. The van der Waals surface area contributed by atoms with E-state index in [1.807, 2.05) is 12.3 Å². The molecule has 3 heteroatoms. The van der Waals surface area contributed by atoms with E-state index < -0.39 is 0 Å². The predicted molar refractivity (Wildman–Crippen MR) is 52.8 cm³/mol. The van der Waals surface area contributed by atoms with Gasteiger partial charge in [-0.2, -0.15) is 0 Å². The molecule has 1 aliphatic rings. The zero-order chi connectivity index (χ0) is 9.31. The number of nitrogens with zero attached hydrogens (tertiary/aromatic N) is 2. The van der Waals surface area contributed by atoms with Crippen molar-refractivity contribution < 1.29 is 0 Å². The average molecular weight is 177 g/mol. The van der Waals surface area contributed by atoms with Crippen LogP contribution in [0.1, 0.15) is 32.4 Å². The van der Waals surface area contributed by atoms with Crippen molar-refractivity contribution in [1.82, 2.24) is 9.97 Å². The van der Waals surface area contributed by atoms with Gasteiger partial charge in [0.05, 0.1) is 5.69 Å². The molecular weight excluding hydrogens is 162 g/mol. The van der Waals surface area contributed by atoms with Gasteiger partial charge >= 0.3 is 0 Å². The van der Waals surface area contributed by atoms with Crippen LogP contribution in [0.15, 0.2) is 12.3 Å².